The molecule has 0 bridgehead atoms. The highest BCUT2D eigenvalue weighted by Gasteiger charge is 2.40. The Morgan fingerprint density at radius 3 is 1.24 bits per heavy atom. The lowest BCUT2D eigenvalue weighted by molar-refractivity contribution is -0.138. The number of hydrogen-bond donors (Lipinski definition) is 3. The number of anilines is 1. The number of carbonyl (C=O) groups excluding carboxylic acids is 1. The molecule has 71 heavy (non-hydrogen) atoms. The molecular weight excluding hydrogens is 1230 g/mol. The van der Waals surface area contributed by atoms with Crippen LogP contribution in [0.15, 0.2) is 66.6 Å². The first-order valence-corrected chi connectivity index (χ1v) is 21.0. The van der Waals surface area contributed by atoms with Crippen LogP contribution in [0.1, 0.15) is 36.7 Å². The molecule has 4 aromatic carbocycles. The number of nitrogens with two attached hydrogens (primary N) is 2. The summed E-state index contributed by atoms with van der Waals surface area (Å²) < 4.78 is 192. The quantitative estimate of drug-likeness (QED) is 0.0635. The van der Waals surface area contributed by atoms with Crippen LogP contribution in [0.5, 0.6) is 6.08 Å². The molecule has 0 fully saturated rings. The number of nitrogens with one attached hydrogen (secondary N) is 1. The molecule has 0 saturated heterocycles. The highest BCUT2D eigenvalue weighted by molar-refractivity contribution is 9.10. The molecule has 7 rings (SSSR count). The molecule has 0 radical (unpaired) electrons. The number of ether oxygens (including phenoxy) is 1. The lowest BCUT2D eigenvalue weighted by Gasteiger charge is -2.13. The van der Waals surface area contributed by atoms with Gasteiger partial charge in [0.15, 0.2) is 0 Å². The first-order chi connectivity index (χ1) is 33.9. The number of carbonyl (C=O) groups is 1. The van der Waals surface area contributed by atoms with Crippen molar-refractivity contribution in [3.63, 3.8) is 0 Å². The van der Waals surface area contributed by atoms with Gasteiger partial charge in [0.25, 0.3) is 22.5 Å². The molecule has 3 aromatic heterocycles. The first-order valence-electron chi connectivity index (χ1n) is 18.7. The smallest absolute Gasteiger partial charge is 0.419 e. The predicted molar refractivity (Wildman–Crippen MR) is 236 cm³/mol. The molecule has 382 valence electrons. The number of halogens is 21. The summed E-state index contributed by atoms with van der Waals surface area (Å²) in [6.45, 7) is 0. The average Bonchev–Trinajstić information content (AvgIpc) is 4.00. The summed E-state index contributed by atoms with van der Waals surface area (Å²) in [6.07, 6.45) is -19.6. The van der Waals surface area contributed by atoms with Crippen molar-refractivity contribution in [2.24, 2.45) is 5.84 Å². The van der Waals surface area contributed by atoms with E-state index < -0.39 is 112 Å². The molecular formula is C36H16BrCl8F12N9O5. The van der Waals surface area contributed by atoms with Crippen molar-refractivity contribution in [1.29, 1.82) is 0 Å². The van der Waals surface area contributed by atoms with E-state index in [2.05, 4.69) is 51.3 Å². The number of nitrogens with zero attached hydrogens (tertiary/aromatic N) is 6. The maximum atomic E-state index is 12.9. The van der Waals surface area contributed by atoms with Crippen molar-refractivity contribution in [1.82, 2.24) is 36.0 Å². The second kappa shape index (κ2) is 23.4. The third-order valence-corrected chi connectivity index (χ3v) is 11.1. The minimum Gasteiger partial charge on any atom is -0.452 e. The highest BCUT2D eigenvalue weighted by atomic mass is 79.9. The minimum atomic E-state index is -4.79. The van der Waals surface area contributed by atoms with E-state index in [9.17, 15) is 57.5 Å². The lowest BCUT2D eigenvalue weighted by atomic mass is 10.1. The summed E-state index contributed by atoms with van der Waals surface area (Å²) >= 11 is 47.2. The van der Waals surface area contributed by atoms with E-state index in [-0.39, 0.29) is 44.8 Å². The van der Waals surface area contributed by atoms with Gasteiger partial charge < -0.3 is 23.7 Å². The van der Waals surface area contributed by atoms with E-state index in [1.807, 2.05) is 0 Å². The Morgan fingerprint density at radius 2 is 0.901 bits per heavy atom. The SMILES string of the molecule is FC(F)(F)c1c(Cl)ccc(-c2nnc(Br)o2)c1Cl.NNC(=O)c1ccc(Cl)c(C(F)(F)F)c1Cl.Nc1nnc(-c2ccc(Cl)c(C(F)(F)F)c2Cl)o1.[2H]C([2H])([2H])Oc1nnc(-c2ccc(Cl)c(C(F)(F)F)c2Cl)o1. The van der Waals surface area contributed by atoms with Gasteiger partial charge in [-0.05, 0) is 48.5 Å². The van der Waals surface area contributed by atoms with Gasteiger partial charge in [0.2, 0.25) is 5.89 Å². The van der Waals surface area contributed by atoms with E-state index in [4.69, 9.17) is 122 Å². The van der Waals surface area contributed by atoms with Gasteiger partial charge in [-0.2, -0.15) is 52.7 Å². The van der Waals surface area contributed by atoms with Crippen molar-refractivity contribution in [3.8, 4) is 40.4 Å². The molecule has 5 N–H and O–H groups in total. The van der Waals surface area contributed by atoms with Gasteiger partial charge in [-0.15, -0.1) is 20.4 Å². The molecule has 14 nitrogen and oxygen atoms in total. The zero-order valence-corrected chi connectivity index (χ0v) is 40.6. The second-order valence-electron chi connectivity index (χ2n) is 12.4. The van der Waals surface area contributed by atoms with Crippen LogP contribution in [-0.2, 0) is 24.7 Å². The molecule has 0 unspecified atom stereocenters. The fourth-order valence-corrected chi connectivity index (χ4v) is 7.92. The number of nitrogen functional groups attached to an aromatic ring is 2. The fourth-order valence-electron chi connectivity index (χ4n) is 5.02. The Balaban J connectivity index is 0.000000215. The largest absolute Gasteiger partial charge is 0.452 e. The Labute approximate surface area is 439 Å². The van der Waals surface area contributed by atoms with Crippen LogP contribution in [0.2, 0.25) is 40.2 Å². The summed E-state index contributed by atoms with van der Waals surface area (Å²) in [6, 6.07) is 8.45. The monoisotopic (exact) mass is 1240 g/mol. The molecule has 0 atom stereocenters. The Hall–Kier alpha value is -4.71. The van der Waals surface area contributed by atoms with Gasteiger partial charge in [0, 0.05) is 15.9 Å². The summed E-state index contributed by atoms with van der Waals surface area (Å²) in [5, 5.41) is 15.6. The average molecular weight is 1250 g/mol. The summed E-state index contributed by atoms with van der Waals surface area (Å²) in [5.41, 5.74) is 1.32. The van der Waals surface area contributed by atoms with Crippen molar-refractivity contribution in [2.45, 2.75) is 24.7 Å². The van der Waals surface area contributed by atoms with Crippen LogP contribution in [-0.4, -0.2) is 43.5 Å². The van der Waals surface area contributed by atoms with Crippen molar-refractivity contribution >= 4 is 121 Å². The molecule has 1 amide bonds. The number of alkyl halides is 12. The Kier molecular flexibility index (Phi) is 17.9. The first kappa shape index (κ1) is 54.1. The number of aromatic nitrogens is 6. The molecule has 0 aliphatic heterocycles. The van der Waals surface area contributed by atoms with Gasteiger partial charge in [-0.3, -0.25) is 10.2 Å². The Morgan fingerprint density at radius 1 is 0.549 bits per heavy atom. The number of amides is 1. The number of methoxy groups -OCH3 is 1. The van der Waals surface area contributed by atoms with Gasteiger partial charge in [0.05, 0.1) is 95.8 Å². The third kappa shape index (κ3) is 14.5. The van der Waals surface area contributed by atoms with E-state index in [1.165, 1.54) is 12.1 Å². The zero-order valence-electron chi connectivity index (χ0n) is 35.9. The van der Waals surface area contributed by atoms with Crippen molar-refractivity contribution < 1.29 is 79.6 Å². The number of benzene rings is 4. The molecule has 0 aliphatic carbocycles. The van der Waals surface area contributed by atoms with Gasteiger partial charge in [-0.1, -0.05) is 103 Å². The molecule has 7 aromatic rings. The second-order valence-corrected chi connectivity index (χ2v) is 16.2. The predicted octanol–water partition coefficient (Wildman–Crippen LogP) is 15.2. The van der Waals surface area contributed by atoms with Crippen LogP contribution in [0.25, 0.3) is 34.4 Å². The fraction of sp³-hybridized carbons (Fsp3) is 0.139. The van der Waals surface area contributed by atoms with E-state index >= 15 is 0 Å². The molecule has 0 spiro atoms. The topological polar surface area (TPSA) is 207 Å². The van der Waals surface area contributed by atoms with Crippen LogP contribution in [0.3, 0.4) is 0 Å². The van der Waals surface area contributed by atoms with Crippen LogP contribution < -0.4 is 21.7 Å². The van der Waals surface area contributed by atoms with Crippen LogP contribution in [0, 0.1) is 0 Å². The number of hydrogen-bond acceptors (Lipinski definition) is 13. The van der Waals surface area contributed by atoms with E-state index in [1.54, 1.807) is 5.43 Å². The van der Waals surface area contributed by atoms with Crippen molar-refractivity contribution in [2.75, 3.05) is 12.8 Å². The molecule has 0 saturated carbocycles. The van der Waals surface area contributed by atoms with Crippen molar-refractivity contribution in [3.05, 3.63) is 121 Å². The highest BCUT2D eigenvalue weighted by Crippen LogP contribution is 2.47. The minimum absolute atomic E-state index is 0.0356. The molecule has 0 aliphatic rings. The van der Waals surface area contributed by atoms with E-state index in [0.29, 0.717) is 0 Å². The summed E-state index contributed by atoms with van der Waals surface area (Å²) in [7, 11) is -2.84. The third-order valence-electron chi connectivity index (χ3n) is 7.90. The standard InChI is InChI=1S/C10H5Cl2F3N2O2.C9H2BrCl2F3N2O.C9H4Cl2F3N3O.C8H5Cl2F3N2O/c1-18-9-17-16-8(19-9)4-2-3-5(11)6(7(4)12)10(13,14)15;10-8-17-16-7(18-8)3-1-2-4(11)5(6(3)12)9(13,14)15;10-4-2-1-3(7-16-17-8(15)18-7)6(11)5(4)9(12,13)14;9-4-2-1-3(7(16)15-14)6(10)5(4)8(11,12)13/h2-3H,1H3;1-2H;1-2H,(H2,15,17);1-2H,14H2,(H,15,16)/i1D3;;;. The maximum absolute atomic E-state index is 12.9. The van der Waals surface area contributed by atoms with Crippen LogP contribution >= 0.6 is 109 Å². The molecule has 35 heteroatoms. The van der Waals surface area contributed by atoms with Gasteiger partial charge >= 0.3 is 36.8 Å². The zero-order chi connectivity index (χ0) is 56.2. The summed E-state index contributed by atoms with van der Waals surface area (Å²) in [5.74, 6) is 3.10. The summed E-state index contributed by atoms with van der Waals surface area (Å²) in [4.78, 5) is 11.1. The van der Waals surface area contributed by atoms with Crippen LogP contribution in [0.4, 0.5) is 58.7 Å². The van der Waals surface area contributed by atoms with E-state index in [0.717, 1.165) is 36.4 Å². The van der Waals surface area contributed by atoms with Gasteiger partial charge in [-0.25, -0.2) is 5.84 Å². The van der Waals surface area contributed by atoms with Gasteiger partial charge in [0.1, 0.15) is 0 Å². The molecule has 3 heterocycles. The lowest BCUT2D eigenvalue weighted by Crippen LogP contribution is -2.30. The Bertz CT molecular complexity index is 3060. The number of rotatable bonds is 5. The normalized spacial score (nSPS) is 12.5. The maximum Gasteiger partial charge on any atom is 0.419 e. The number of hydrazine groups is 1.